The highest BCUT2D eigenvalue weighted by Crippen LogP contribution is 2.24. The predicted molar refractivity (Wildman–Crippen MR) is 114 cm³/mol. The first kappa shape index (κ1) is 19.3. The molecule has 0 N–H and O–H groups in total. The molecule has 29 heavy (non-hydrogen) atoms. The highest BCUT2D eigenvalue weighted by molar-refractivity contribution is 5.95. The maximum atomic E-state index is 11.9. The van der Waals surface area contributed by atoms with E-state index < -0.39 is 0 Å². The molecule has 150 valence electrons. The fourth-order valence-electron chi connectivity index (χ4n) is 3.69. The maximum Gasteiger partial charge on any atom is 0.163 e. The van der Waals surface area contributed by atoms with Crippen LogP contribution < -0.4 is 4.90 Å². The number of hydrogen-bond donors (Lipinski definition) is 0. The SMILES string of the molecule is CCN1CCN(c2cc(-n3ncc(C(C)=O)c3C)nc(-c3ccccc3)n2)CC1. The van der Waals surface area contributed by atoms with Crippen LogP contribution in [0, 0.1) is 6.92 Å². The molecule has 4 rings (SSSR count). The molecule has 0 radical (unpaired) electrons. The quantitative estimate of drug-likeness (QED) is 0.624. The van der Waals surface area contributed by atoms with E-state index in [0.29, 0.717) is 17.2 Å². The molecular weight excluding hydrogens is 364 g/mol. The van der Waals surface area contributed by atoms with E-state index in [4.69, 9.17) is 9.97 Å². The second kappa shape index (κ2) is 8.13. The monoisotopic (exact) mass is 390 g/mol. The molecule has 3 heterocycles. The Kier molecular flexibility index (Phi) is 5.40. The molecule has 1 saturated heterocycles. The highest BCUT2D eigenvalue weighted by atomic mass is 16.1. The van der Waals surface area contributed by atoms with Crippen molar-refractivity contribution in [1.29, 1.82) is 0 Å². The Morgan fingerprint density at radius 3 is 2.34 bits per heavy atom. The number of Topliss-reactive ketones (excluding diaryl/α,β-unsaturated/α-hetero) is 1. The zero-order chi connectivity index (χ0) is 20.4. The van der Waals surface area contributed by atoms with Gasteiger partial charge in [0.05, 0.1) is 17.5 Å². The van der Waals surface area contributed by atoms with Gasteiger partial charge in [0.15, 0.2) is 17.4 Å². The molecule has 1 aliphatic heterocycles. The Morgan fingerprint density at radius 1 is 1.03 bits per heavy atom. The van der Waals surface area contributed by atoms with Crippen molar-refractivity contribution in [2.75, 3.05) is 37.6 Å². The van der Waals surface area contributed by atoms with Gasteiger partial charge in [-0.1, -0.05) is 37.3 Å². The van der Waals surface area contributed by atoms with Crippen LogP contribution in [0.2, 0.25) is 0 Å². The lowest BCUT2D eigenvalue weighted by molar-refractivity contribution is 0.101. The van der Waals surface area contributed by atoms with Crippen molar-refractivity contribution < 1.29 is 4.79 Å². The average molecular weight is 390 g/mol. The minimum Gasteiger partial charge on any atom is -0.354 e. The van der Waals surface area contributed by atoms with Gasteiger partial charge >= 0.3 is 0 Å². The number of benzene rings is 1. The Bertz CT molecular complexity index is 1010. The van der Waals surface area contributed by atoms with Gasteiger partial charge in [-0.25, -0.2) is 14.6 Å². The van der Waals surface area contributed by atoms with Gasteiger partial charge < -0.3 is 9.80 Å². The van der Waals surface area contributed by atoms with E-state index in [-0.39, 0.29) is 5.78 Å². The van der Waals surface area contributed by atoms with Gasteiger partial charge in [0, 0.05) is 37.8 Å². The molecule has 7 nitrogen and oxygen atoms in total. The molecule has 3 aromatic rings. The number of ketones is 1. The summed E-state index contributed by atoms with van der Waals surface area (Å²) in [5.41, 5.74) is 2.36. The number of nitrogens with zero attached hydrogens (tertiary/aromatic N) is 6. The summed E-state index contributed by atoms with van der Waals surface area (Å²) in [4.78, 5) is 26.2. The third-order valence-electron chi connectivity index (χ3n) is 5.48. The highest BCUT2D eigenvalue weighted by Gasteiger charge is 2.20. The van der Waals surface area contributed by atoms with Crippen LogP contribution >= 0.6 is 0 Å². The van der Waals surface area contributed by atoms with Crippen LogP contribution in [0.1, 0.15) is 29.9 Å². The molecular formula is C22H26N6O. The van der Waals surface area contributed by atoms with Crippen LogP contribution in [-0.2, 0) is 0 Å². The van der Waals surface area contributed by atoms with Crippen LogP contribution in [0.15, 0.2) is 42.6 Å². The zero-order valence-corrected chi connectivity index (χ0v) is 17.2. The summed E-state index contributed by atoms with van der Waals surface area (Å²) in [7, 11) is 0. The largest absolute Gasteiger partial charge is 0.354 e. The molecule has 0 spiro atoms. The minimum atomic E-state index is 0.00185. The molecule has 0 saturated carbocycles. The lowest BCUT2D eigenvalue weighted by atomic mass is 10.2. The number of carbonyl (C=O) groups excluding carboxylic acids is 1. The van der Waals surface area contributed by atoms with Crippen molar-refractivity contribution in [3.05, 3.63) is 53.9 Å². The molecule has 0 aliphatic carbocycles. The molecule has 0 atom stereocenters. The lowest BCUT2D eigenvalue weighted by Gasteiger charge is -2.35. The van der Waals surface area contributed by atoms with Gasteiger partial charge in [0.25, 0.3) is 0 Å². The number of aromatic nitrogens is 4. The standard InChI is InChI=1S/C22H26N6O/c1-4-26-10-12-27(13-11-26)20-14-21(28-16(2)19(15-23-28)17(3)29)25-22(24-20)18-8-6-5-7-9-18/h5-9,14-15H,4,10-13H2,1-3H3. The van der Waals surface area contributed by atoms with Crippen LogP contribution in [-0.4, -0.2) is 63.2 Å². The lowest BCUT2D eigenvalue weighted by Crippen LogP contribution is -2.46. The first-order chi connectivity index (χ1) is 14.1. The second-order valence-electron chi connectivity index (χ2n) is 7.31. The molecule has 0 bridgehead atoms. The Balaban J connectivity index is 1.78. The molecule has 2 aromatic heterocycles. The van der Waals surface area contributed by atoms with Gasteiger partial charge in [-0.3, -0.25) is 4.79 Å². The second-order valence-corrected chi connectivity index (χ2v) is 7.31. The summed E-state index contributed by atoms with van der Waals surface area (Å²) >= 11 is 0. The first-order valence-corrected chi connectivity index (χ1v) is 10.0. The van der Waals surface area contributed by atoms with Crippen molar-refractivity contribution in [1.82, 2.24) is 24.6 Å². The Morgan fingerprint density at radius 2 is 1.72 bits per heavy atom. The van der Waals surface area contributed by atoms with Gasteiger partial charge in [-0.2, -0.15) is 5.10 Å². The van der Waals surface area contributed by atoms with E-state index in [0.717, 1.165) is 49.8 Å². The van der Waals surface area contributed by atoms with Crippen molar-refractivity contribution in [2.45, 2.75) is 20.8 Å². The first-order valence-electron chi connectivity index (χ1n) is 10.0. The fraction of sp³-hybridized carbons (Fsp3) is 0.364. The molecule has 1 aliphatic rings. The smallest absolute Gasteiger partial charge is 0.163 e. The van der Waals surface area contributed by atoms with E-state index in [1.807, 2.05) is 43.3 Å². The molecule has 7 heteroatoms. The topological polar surface area (TPSA) is 67.2 Å². The number of piperazine rings is 1. The van der Waals surface area contributed by atoms with Crippen molar-refractivity contribution >= 4 is 11.6 Å². The number of hydrogen-bond acceptors (Lipinski definition) is 6. The molecule has 1 aromatic carbocycles. The average Bonchev–Trinajstić information content (AvgIpc) is 3.16. The fourth-order valence-corrected chi connectivity index (χ4v) is 3.69. The number of likely N-dealkylation sites (N-methyl/N-ethyl adjacent to an activating group) is 1. The van der Waals surface area contributed by atoms with Gasteiger partial charge in [-0.05, 0) is 20.4 Å². The van der Waals surface area contributed by atoms with Crippen molar-refractivity contribution in [3.63, 3.8) is 0 Å². The van der Waals surface area contributed by atoms with Gasteiger partial charge in [0.1, 0.15) is 5.82 Å². The van der Waals surface area contributed by atoms with Crippen molar-refractivity contribution in [2.24, 2.45) is 0 Å². The van der Waals surface area contributed by atoms with Crippen LogP contribution in [0.5, 0.6) is 0 Å². The van der Waals surface area contributed by atoms with Crippen molar-refractivity contribution in [3.8, 4) is 17.2 Å². The number of rotatable bonds is 5. The van der Waals surface area contributed by atoms with E-state index in [1.54, 1.807) is 17.8 Å². The predicted octanol–water partition coefficient (Wildman–Crippen LogP) is 2.98. The van der Waals surface area contributed by atoms with Crippen LogP contribution in [0.25, 0.3) is 17.2 Å². The number of carbonyl (C=O) groups is 1. The van der Waals surface area contributed by atoms with E-state index >= 15 is 0 Å². The third-order valence-corrected chi connectivity index (χ3v) is 5.48. The van der Waals surface area contributed by atoms with E-state index in [9.17, 15) is 4.79 Å². The summed E-state index contributed by atoms with van der Waals surface area (Å²) < 4.78 is 1.73. The summed E-state index contributed by atoms with van der Waals surface area (Å²) in [5, 5.41) is 4.43. The van der Waals surface area contributed by atoms with E-state index in [1.165, 1.54) is 0 Å². The zero-order valence-electron chi connectivity index (χ0n) is 17.2. The summed E-state index contributed by atoms with van der Waals surface area (Å²) in [6, 6.07) is 11.9. The summed E-state index contributed by atoms with van der Waals surface area (Å²) in [6.07, 6.45) is 1.61. The molecule has 0 amide bonds. The Hall–Kier alpha value is -3.06. The third kappa shape index (κ3) is 3.91. The summed E-state index contributed by atoms with van der Waals surface area (Å²) in [5.74, 6) is 2.23. The van der Waals surface area contributed by atoms with E-state index in [2.05, 4.69) is 21.8 Å². The summed E-state index contributed by atoms with van der Waals surface area (Å²) in [6.45, 7) is 10.6. The Labute approximate surface area is 171 Å². The number of anilines is 1. The molecule has 0 unspecified atom stereocenters. The van der Waals surface area contributed by atoms with Crippen LogP contribution in [0.4, 0.5) is 5.82 Å². The minimum absolute atomic E-state index is 0.00185. The van der Waals surface area contributed by atoms with Crippen LogP contribution in [0.3, 0.4) is 0 Å². The van der Waals surface area contributed by atoms with Gasteiger partial charge in [0.2, 0.25) is 0 Å². The maximum absolute atomic E-state index is 11.9. The molecule has 1 fully saturated rings. The van der Waals surface area contributed by atoms with Gasteiger partial charge in [-0.15, -0.1) is 0 Å². The normalized spacial score (nSPS) is 14.9.